The lowest BCUT2D eigenvalue weighted by atomic mass is 9.81. The van der Waals surface area contributed by atoms with E-state index in [1.165, 1.54) is 20.4 Å². The molecule has 2 heterocycles. The van der Waals surface area contributed by atoms with Crippen molar-refractivity contribution in [2.24, 2.45) is 5.92 Å². The van der Waals surface area contributed by atoms with Crippen molar-refractivity contribution >= 4 is 36.9 Å². The summed E-state index contributed by atoms with van der Waals surface area (Å²) in [7, 11) is -2.57. The Hall–Kier alpha value is -3.27. The molecule has 1 aliphatic carbocycles. The lowest BCUT2D eigenvalue weighted by Crippen LogP contribution is -2.35. The molecule has 174 valence electrons. The highest BCUT2D eigenvalue weighted by Gasteiger charge is 2.34. The fraction of sp³-hybridized carbons (Fsp3) is 0.333. The molecule has 1 fully saturated rings. The molecule has 2 atom stereocenters. The highest BCUT2D eigenvalue weighted by Crippen LogP contribution is 2.47. The van der Waals surface area contributed by atoms with Crippen molar-refractivity contribution in [3.63, 3.8) is 0 Å². The number of imidazole rings is 1. The highest BCUT2D eigenvalue weighted by atomic mass is 31.2. The Labute approximate surface area is 190 Å². The van der Waals surface area contributed by atoms with Crippen LogP contribution in [-0.2, 0) is 18.6 Å². The predicted molar refractivity (Wildman–Crippen MR) is 122 cm³/mol. The topological polar surface area (TPSA) is 143 Å². The average molecular weight is 472 g/mol. The molecular formula is C21H25N6O5P. The molecule has 1 aliphatic rings. The van der Waals surface area contributed by atoms with Gasteiger partial charge in [-0.2, -0.15) is 5.09 Å². The SMILES string of the molecule is COC(=O)C(C)NP(=O)(OCC1CC(=Cn2cnc3c(N)ncnc32)C1)Oc1ccccc1. The summed E-state index contributed by atoms with van der Waals surface area (Å²) < 4.78 is 31.2. The first kappa shape index (κ1) is 22.9. The highest BCUT2D eigenvalue weighted by molar-refractivity contribution is 7.52. The Bertz CT molecular complexity index is 1210. The number of fused-ring (bicyclic) bond motifs is 1. The quantitative estimate of drug-likeness (QED) is 0.352. The largest absolute Gasteiger partial charge is 0.468 e. The summed E-state index contributed by atoms with van der Waals surface area (Å²) >= 11 is 0. The van der Waals surface area contributed by atoms with Crippen LogP contribution >= 0.6 is 7.75 Å². The van der Waals surface area contributed by atoms with Crippen molar-refractivity contribution in [1.29, 1.82) is 0 Å². The van der Waals surface area contributed by atoms with Gasteiger partial charge in [0.05, 0.1) is 13.7 Å². The van der Waals surface area contributed by atoms with Crippen molar-refractivity contribution in [2.75, 3.05) is 19.5 Å². The van der Waals surface area contributed by atoms with E-state index in [1.807, 2.05) is 16.8 Å². The van der Waals surface area contributed by atoms with E-state index in [1.54, 1.807) is 30.6 Å². The number of nitrogens with one attached hydrogen (secondary N) is 1. The molecule has 0 radical (unpaired) electrons. The molecule has 4 rings (SSSR count). The second kappa shape index (κ2) is 9.70. The molecule has 11 nitrogen and oxygen atoms in total. The number of carbonyl (C=O) groups excluding carboxylic acids is 1. The van der Waals surface area contributed by atoms with Crippen molar-refractivity contribution < 1.29 is 23.1 Å². The van der Waals surface area contributed by atoms with Crippen molar-refractivity contribution in [3.8, 4) is 5.75 Å². The number of ether oxygens (including phenoxy) is 1. The first-order chi connectivity index (χ1) is 15.9. The number of nitrogens with zero attached hydrogens (tertiary/aromatic N) is 4. The second-order valence-corrected chi connectivity index (χ2v) is 9.41. The van der Waals surface area contributed by atoms with Crippen molar-refractivity contribution in [1.82, 2.24) is 24.6 Å². The number of hydrogen-bond donors (Lipinski definition) is 2. The van der Waals surface area contributed by atoms with E-state index >= 15 is 0 Å². The van der Waals surface area contributed by atoms with Gasteiger partial charge in [0, 0.05) is 6.20 Å². The predicted octanol–water partition coefficient (Wildman–Crippen LogP) is 3.01. The van der Waals surface area contributed by atoms with Gasteiger partial charge in [-0.25, -0.2) is 19.5 Å². The second-order valence-electron chi connectivity index (χ2n) is 7.72. The van der Waals surface area contributed by atoms with Crippen LogP contribution in [0.15, 0.2) is 48.6 Å². The van der Waals surface area contributed by atoms with Crippen molar-refractivity contribution in [3.05, 3.63) is 48.6 Å². The maximum Gasteiger partial charge on any atom is 0.459 e. The Kier molecular flexibility index (Phi) is 6.73. The van der Waals surface area contributed by atoms with Crippen molar-refractivity contribution in [2.45, 2.75) is 25.8 Å². The number of aromatic nitrogens is 4. The van der Waals surface area contributed by atoms with Gasteiger partial charge in [0.15, 0.2) is 17.0 Å². The summed E-state index contributed by atoms with van der Waals surface area (Å²) in [5, 5.41) is 2.65. The number of benzene rings is 1. The third kappa shape index (κ3) is 5.39. The van der Waals surface area contributed by atoms with E-state index in [-0.39, 0.29) is 12.5 Å². The van der Waals surface area contributed by atoms with Crippen LogP contribution in [0.4, 0.5) is 5.82 Å². The summed E-state index contributed by atoms with van der Waals surface area (Å²) in [6.07, 6.45) is 6.50. The minimum atomic E-state index is -3.83. The van der Waals surface area contributed by atoms with Crippen LogP contribution in [-0.4, -0.2) is 45.2 Å². The van der Waals surface area contributed by atoms with Crippen LogP contribution in [0.5, 0.6) is 5.75 Å². The zero-order valence-corrected chi connectivity index (χ0v) is 19.1. The summed E-state index contributed by atoms with van der Waals surface area (Å²) in [6.45, 7) is 1.73. The van der Waals surface area contributed by atoms with Gasteiger partial charge >= 0.3 is 13.7 Å². The summed E-state index contributed by atoms with van der Waals surface area (Å²) in [5.74, 6) is 0.280. The Balaban J connectivity index is 1.39. The van der Waals surface area contributed by atoms with Gasteiger partial charge in [-0.1, -0.05) is 23.8 Å². The molecule has 33 heavy (non-hydrogen) atoms. The molecule has 0 saturated heterocycles. The zero-order chi connectivity index (χ0) is 23.4. The van der Waals surface area contributed by atoms with E-state index in [0.29, 0.717) is 22.7 Å². The number of esters is 1. The van der Waals surface area contributed by atoms with Gasteiger partial charge in [0.25, 0.3) is 0 Å². The lowest BCUT2D eigenvalue weighted by Gasteiger charge is -2.31. The van der Waals surface area contributed by atoms with E-state index < -0.39 is 19.8 Å². The normalized spacial score (nSPS) is 18.2. The zero-order valence-electron chi connectivity index (χ0n) is 18.2. The number of allylic oxidation sites excluding steroid dienone is 1. The van der Waals surface area contributed by atoms with E-state index in [4.69, 9.17) is 19.5 Å². The van der Waals surface area contributed by atoms with Crippen LogP contribution in [0.25, 0.3) is 17.4 Å². The minimum absolute atomic E-state index is 0.147. The fourth-order valence-electron chi connectivity index (χ4n) is 3.45. The van der Waals surface area contributed by atoms with E-state index in [2.05, 4.69) is 20.0 Å². The molecule has 0 amide bonds. The number of methoxy groups -OCH3 is 1. The Morgan fingerprint density at radius 2 is 2.06 bits per heavy atom. The lowest BCUT2D eigenvalue weighted by molar-refractivity contribution is -0.142. The number of nitrogen functional groups attached to an aromatic ring is 1. The number of hydrogen-bond acceptors (Lipinski definition) is 9. The maximum absolute atomic E-state index is 13.4. The van der Waals surface area contributed by atoms with Crippen LogP contribution in [0, 0.1) is 5.92 Å². The van der Waals surface area contributed by atoms with Crippen LogP contribution in [0.1, 0.15) is 19.8 Å². The molecule has 2 aromatic heterocycles. The minimum Gasteiger partial charge on any atom is -0.468 e. The number of para-hydroxylation sites is 1. The number of anilines is 1. The van der Waals surface area contributed by atoms with E-state index in [0.717, 1.165) is 18.4 Å². The van der Waals surface area contributed by atoms with Crippen LogP contribution in [0.3, 0.4) is 0 Å². The van der Waals surface area contributed by atoms with Crippen LogP contribution in [0.2, 0.25) is 0 Å². The summed E-state index contributed by atoms with van der Waals surface area (Å²) in [4.78, 5) is 24.2. The number of rotatable bonds is 9. The molecule has 3 aromatic rings. The fourth-order valence-corrected chi connectivity index (χ4v) is 5.01. The molecule has 1 aromatic carbocycles. The third-order valence-electron chi connectivity index (χ3n) is 5.17. The first-order valence-corrected chi connectivity index (χ1v) is 11.9. The maximum atomic E-state index is 13.4. The average Bonchev–Trinajstić information content (AvgIpc) is 3.19. The third-order valence-corrected chi connectivity index (χ3v) is 6.81. The monoisotopic (exact) mass is 472 g/mol. The van der Waals surface area contributed by atoms with Gasteiger partial charge in [0.1, 0.15) is 24.4 Å². The standard InChI is InChI=1S/C21H25N6O5P/c1-14(21(28)30-2)26-33(29,32-17-6-4-3-5-7-17)31-11-16-8-15(9-16)10-27-13-25-18-19(22)23-12-24-20(18)27/h3-7,10,12-14,16H,8-9,11H2,1-2H3,(H,26,29)(H2,22,23,24). The molecule has 3 N–H and O–H groups in total. The molecule has 2 unspecified atom stereocenters. The molecule has 0 spiro atoms. The van der Waals surface area contributed by atoms with E-state index in [9.17, 15) is 9.36 Å². The van der Waals surface area contributed by atoms with Gasteiger partial charge < -0.3 is 15.0 Å². The molecule has 0 aliphatic heterocycles. The summed E-state index contributed by atoms with van der Waals surface area (Å²) in [6, 6.07) is 7.78. The van der Waals surface area contributed by atoms with Crippen LogP contribution < -0.4 is 15.3 Å². The number of nitrogens with two attached hydrogens (primary N) is 1. The number of carbonyl (C=O) groups is 1. The summed E-state index contributed by atoms with van der Waals surface area (Å²) in [5.41, 5.74) is 8.18. The molecule has 0 bridgehead atoms. The molecule has 1 saturated carbocycles. The van der Waals surface area contributed by atoms with Gasteiger partial charge in [-0.15, -0.1) is 0 Å². The van der Waals surface area contributed by atoms with Gasteiger partial charge in [-0.05, 0) is 37.8 Å². The Morgan fingerprint density at radius 1 is 1.30 bits per heavy atom. The smallest absolute Gasteiger partial charge is 0.459 e. The Morgan fingerprint density at radius 3 is 2.79 bits per heavy atom. The first-order valence-electron chi connectivity index (χ1n) is 10.3. The van der Waals surface area contributed by atoms with Gasteiger partial charge in [-0.3, -0.25) is 13.9 Å². The molecular weight excluding hydrogens is 447 g/mol. The van der Waals surface area contributed by atoms with Gasteiger partial charge in [0.2, 0.25) is 0 Å². The molecule has 12 heteroatoms.